The van der Waals surface area contributed by atoms with Crippen LogP contribution in [0.1, 0.15) is 13.3 Å². The molecule has 0 aliphatic heterocycles. The van der Waals surface area contributed by atoms with Gasteiger partial charge in [0.2, 0.25) is 20.0 Å². The zero-order chi connectivity index (χ0) is 17.0. The van der Waals surface area contributed by atoms with E-state index in [0.717, 1.165) is 12.1 Å². The van der Waals surface area contributed by atoms with Gasteiger partial charge in [-0.3, -0.25) is 9.52 Å². The molecule has 0 unspecified atom stereocenters. The van der Waals surface area contributed by atoms with E-state index in [1.807, 2.05) is 9.44 Å². The van der Waals surface area contributed by atoms with E-state index in [2.05, 4.69) is 0 Å². The summed E-state index contributed by atoms with van der Waals surface area (Å²) in [7, 11) is -7.76. The number of hydrogen-bond acceptors (Lipinski definition) is 5. The van der Waals surface area contributed by atoms with Crippen molar-refractivity contribution >= 4 is 31.7 Å². The highest BCUT2D eigenvalue weighted by molar-refractivity contribution is 7.92. The lowest BCUT2D eigenvalue weighted by Gasteiger charge is -2.10. The first-order chi connectivity index (χ1) is 10.1. The van der Waals surface area contributed by atoms with Gasteiger partial charge in [0.05, 0.1) is 22.8 Å². The number of carboxylic acids is 1. The topological polar surface area (TPSA) is 130 Å². The molecule has 124 valence electrons. The minimum Gasteiger partial charge on any atom is -0.481 e. The highest BCUT2D eigenvalue weighted by Gasteiger charge is 2.18. The SMILES string of the molecule is CCS(=O)(=O)Nc1ccc(S(=O)(=O)NCCC(=O)O)cc1F. The third kappa shape index (κ3) is 5.24. The summed E-state index contributed by atoms with van der Waals surface area (Å²) in [6, 6.07) is 2.64. The summed E-state index contributed by atoms with van der Waals surface area (Å²) in [6.45, 7) is 1.02. The van der Waals surface area contributed by atoms with Gasteiger partial charge in [-0.1, -0.05) is 0 Å². The third-order valence-corrected chi connectivity index (χ3v) is 5.28. The van der Waals surface area contributed by atoms with Crippen LogP contribution in [-0.4, -0.2) is 40.2 Å². The number of carbonyl (C=O) groups is 1. The van der Waals surface area contributed by atoms with Gasteiger partial charge in [-0.05, 0) is 25.1 Å². The Hall–Kier alpha value is -1.72. The van der Waals surface area contributed by atoms with Gasteiger partial charge >= 0.3 is 5.97 Å². The molecule has 0 saturated heterocycles. The van der Waals surface area contributed by atoms with Crippen molar-refractivity contribution in [2.45, 2.75) is 18.2 Å². The van der Waals surface area contributed by atoms with Crippen molar-refractivity contribution in [1.82, 2.24) is 4.72 Å². The van der Waals surface area contributed by atoms with Crippen LogP contribution < -0.4 is 9.44 Å². The number of hydrogen-bond donors (Lipinski definition) is 3. The van der Waals surface area contributed by atoms with Gasteiger partial charge in [0.15, 0.2) is 0 Å². The van der Waals surface area contributed by atoms with E-state index < -0.39 is 43.1 Å². The molecule has 0 aliphatic carbocycles. The second kappa shape index (κ2) is 7.03. The minimum absolute atomic E-state index is 0.261. The highest BCUT2D eigenvalue weighted by Crippen LogP contribution is 2.20. The van der Waals surface area contributed by atoms with Crippen molar-refractivity contribution in [2.75, 3.05) is 17.0 Å². The Kier molecular flexibility index (Phi) is 5.85. The van der Waals surface area contributed by atoms with Gasteiger partial charge in [-0.2, -0.15) is 0 Å². The monoisotopic (exact) mass is 354 g/mol. The Morgan fingerprint density at radius 3 is 2.41 bits per heavy atom. The first kappa shape index (κ1) is 18.3. The van der Waals surface area contributed by atoms with Crippen molar-refractivity contribution < 1.29 is 31.1 Å². The molecule has 0 bridgehead atoms. The average molecular weight is 354 g/mol. The molecule has 0 heterocycles. The van der Waals surface area contributed by atoms with Crippen LogP contribution in [0.25, 0.3) is 0 Å². The van der Waals surface area contributed by atoms with E-state index in [-0.39, 0.29) is 18.0 Å². The molecule has 0 fully saturated rings. The first-order valence-corrected chi connectivity index (χ1v) is 9.22. The number of halogens is 1. The first-order valence-electron chi connectivity index (χ1n) is 6.09. The summed E-state index contributed by atoms with van der Waals surface area (Å²) >= 11 is 0. The summed E-state index contributed by atoms with van der Waals surface area (Å²) in [5.41, 5.74) is -0.369. The zero-order valence-corrected chi connectivity index (χ0v) is 13.2. The number of carboxylic acid groups (broad SMARTS) is 1. The normalized spacial score (nSPS) is 12.1. The van der Waals surface area contributed by atoms with Crippen LogP contribution in [0.3, 0.4) is 0 Å². The van der Waals surface area contributed by atoms with Gasteiger partial charge in [0, 0.05) is 6.54 Å². The fraction of sp³-hybridized carbons (Fsp3) is 0.364. The van der Waals surface area contributed by atoms with E-state index in [4.69, 9.17) is 5.11 Å². The predicted octanol–water partition coefficient (Wildman–Crippen LogP) is 0.340. The number of anilines is 1. The average Bonchev–Trinajstić information content (AvgIpc) is 2.40. The van der Waals surface area contributed by atoms with E-state index >= 15 is 0 Å². The fourth-order valence-corrected chi connectivity index (χ4v) is 3.05. The van der Waals surface area contributed by atoms with E-state index in [9.17, 15) is 26.0 Å². The lowest BCUT2D eigenvalue weighted by Crippen LogP contribution is -2.26. The van der Waals surface area contributed by atoms with Crippen LogP contribution in [0.15, 0.2) is 23.1 Å². The summed E-state index contributed by atoms with van der Waals surface area (Å²) in [5.74, 6) is -2.50. The van der Waals surface area contributed by atoms with Gasteiger partial charge in [0.1, 0.15) is 5.82 Å². The summed E-state index contributed by atoms with van der Waals surface area (Å²) < 4.78 is 64.1. The van der Waals surface area contributed by atoms with Crippen LogP contribution in [0.5, 0.6) is 0 Å². The molecule has 22 heavy (non-hydrogen) atoms. The van der Waals surface area contributed by atoms with Gasteiger partial charge in [-0.25, -0.2) is 25.9 Å². The molecule has 11 heteroatoms. The molecule has 0 saturated carbocycles. The van der Waals surface area contributed by atoms with Crippen LogP contribution in [0.2, 0.25) is 0 Å². The van der Waals surface area contributed by atoms with Crippen LogP contribution in [0, 0.1) is 5.82 Å². The molecule has 1 rings (SSSR count). The Bertz CT molecular complexity index is 761. The zero-order valence-electron chi connectivity index (χ0n) is 11.5. The number of nitrogens with one attached hydrogen (secondary N) is 2. The minimum atomic E-state index is -4.08. The molecule has 8 nitrogen and oxygen atoms in total. The number of rotatable bonds is 8. The molecule has 1 aromatic carbocycles. The maximum atomic E-state index is 13.8. The highest BCUT2D eigenvalue weighted by atomic mass is 32.2. The summed E-state index contributed by atoms with van der Waals surface area (Å²) in [5, 5.41) is 8.43. The van der Waals surface area contributed by atoms with Crippen molar-refractivity contribution in [2.24, 2.45) is 0 Å². The van der Waals surface area contributed by atoms with Gasteiger partial charge in [-0.15, -0.1) is 0 Å². The van der Waals surface area contributed by atoms with Crippen molar-refractivity contribution in [3.8, 4) is 0 Å². The van der Waals surface area contributed by atoms with Crippen LogP contribution in [0.4, 0.5) is 10.1 Å². The maximum absolute atomic E-state index is 13.8. The number of sulfonamides is 2. The molecule has 0 aliphatic rings. The van der Waals surface area contributed by atoms with Crippen molar-refractivity contribution in [3.05, 3.63) is 24.0 Å². The number of benzene rings is 1. The summed E-state index contributed by atoms with van der Waals surface area (Å²) in [4.78, 5) is 9.89. The molecule has 1 aromatic rings. The fourth-order valence-electron chi connectivity index (χ4n) is 1.36. The van der Waals surface area contributed by atoms with Gasteiger partial charge < -0.3 is 5.11 Å². The Labute approximate surface area is 127 Å². The smallest absolute Gasteiger partial charge is 0.304 e. The van der Waals surface area contributed by atoms with Crippen molar-refractivity contribution in [3.63, 3.8) is 0 Å². The van der Waals surface area contributed by atoms with Gasteiger partial charge in [0.25, 0.3) is 0 Å². The molecule has 0 atom stereocenters. The van der Waals surface area contributed by atoms with E-state index in [1.54, 1.807) is 0 Å². The molecular formula is C11H15FN2O6S2. The quantitative estimate of drug-likeness (QED) is 0.617. The Balaban J connectivity index is 2.95. The standard InChI is InChI=1S/C11H15FN2O6S2/c1-2-21(17,18)14-10-4-3-8(7-9(10)12)22(19,20)13-6-5-11(15)16/h3-4,7,13-14H,2,5-6H2,1H3,(H,15,16). The van der Waals surface area contributed by atoms with Crippen LogP contribution in [-0.2, 0) is 24.8 Å². The van der Waals surface area contributed by atoms with Crippen LogP contribution >= 0.6 is 0 Å². The lowest BCUT2D eigenvalue weighted by molar-refractivity contribution is -0.136. The number of aliphatic carboxylic acids is 1. The second-order valence-corrected chi connectivity index (χ2v) is 7.97. The molecule has 3 N–H and O–H groups in total. The molecule has 0 spiro atoms. The lowest BCUT2D eigenvalue weighted by atomic mass is 10.3. The van der Waals surface area contributed by atoms with Crippen molar-refractivity contribution in [1.29, 1.82) is 0 Å². The largest absolute Gasteiger partial charge is 0.481 e. The van der Waals surface area contributed by atoms with E-state index in [1.165, 1.54) is 6.92 Å². The predicted molar refractivity (Wildman–Crippen MR) is 76.9 cm³/mol. The van der Waals surface area contributed by atoms with E-state index in [0.29, 0.717) is 6.07 Å². The molecular weight excluding hydrogens is 339 g/mol. The Morgan fingerprint density at radius 2 is 1.91 bits per heavy atom. The molecule has 0 amide bonds. The summed E-state index contributed by atoms with van der Waals surface area (Å²) in [6.07, 6.45) is -0.421. The molecule has 0 aromatic heterocycles. The second-order valence-electron chi connectivity index (χ2n) is 4.19. The molecule has 0 radical (unpaired) electrons. The Morgan fingerprint density at radius 1 is 1.27 bits per heavy atom. The maximum Gasteiger partial charge on any atom is 0.304 e. The third-order valence-electron chi connectivity index (χ3n) is 2.53.